The number of benzene rings is 1. The number of aromatic nitrogens is 1. The average Bonchev–Trinajstić information content (AvgIpc) is 2.51. The number of ether oxygens (including phenoxy) is 1. The molecule has 0 fully saturated rings. The Morgan fingerprint density at radius 2 is 1.52 bits per heavy atom. The predicted molar refractivity (Wildman–Crippen MR) is 113 cm³/mol. The highest BCUT2D eigenvalue weighted by Gasteiger charge is 2.28. The number of hydrogen-bond acceptors (Lipinski definition) is 3. The zero-order chi connectivity index (χ0) is 20.4. The normalized spacial score (nSPS) is 12.4. The Balaban J connectivity index is 2.64. The summed E-state index contributed by atoms with van der Waals surface area (Å²) in [5.41, 5.74) is 4.74. The molecule has 0 N–H and O–H groups in total. The van der Waals surface area contributed by atoms with Crippen molar-refractivity contribution >= 4 is 18.1 Å². The zero-order valence-electron chi connectivity index (χ0n) is 17.8. The molecule has 0 amide bonds. The van der Waals surface area contributed by atoms with Crippen molar-refractivity contribution in [1.29, 1.82) is 0 Å². The first-order valence-electron chi connectivity index (χ1n) is 9.37. The molecule has 1 aromatic heterocycles. The van der Waals surface area contributed by atoms with Gasteiger partial charge in [-0.2, -0.15) is 0 Å². The first kappa shape index (κ1) is 20.9. The predicted octanol–water partition coefficient (Wildman–Crippen LogP) is 6.08. The number of pyridine rings is 1. The summed E-state index contributed by atoms with van der Waals surface area (Å²) < 4.78 is 5.69. The van der Waals surface area contributed by atoms with E-state index in [-0.39, 0.29) is 16.8 Å². The van der Waals surface area contributed by atoms with Crippen LogP contribution < -0.4 is 4.74 Å². The van der Waals surface area contributed by atoms with E-state index in [0.29, 0.717) is 5.75 Å². The largest absolute Gasteiger partial charge is 0.426 e. The van der Waals surface area contributed by atoms with Crippen molar-refractivity contribution in [3.63, 3.8) is 0 Å². The molecule has 0 saturated carbocycles. The Morgan fingerprint density at radius 1 is 0.963 bits per heavy atom. The zero-order valence-corrected chi connectivity index (χ0v) is 17.8. The Kier molecular flexibility index (Phi) is 5.94. The highest BCUT2D eigenvalue weighted by Crippen LogP contribution is 2.41. The van der Waals surface area contributed by atoms with E-state index in [1.165, 1.54) is 6.92 Å². The van der Waals surface area contributed by atoms with Crippen LogP contribution in [-0.2, 0) is 15.6 Å². The lowest BCUT2D eigenvalue weighted by molar-refractivity contribution is -0.132. The summed E-state index contributed by atoms with van der Waals surface area (Å²) in [6, 6.07) is 10.2. The third-order valence-electron chi connectivity index (χ3n) is 4.33. The number of hydrogen-bond donors (Lipinski definition) is 0. The molecule has 144 valence electrons. The van der Waals surface area contributed by atoms with Crippen LogP contribution in [0.2, 0.25) is 0 Å². The standard InChI is InChI=1S/C24H31NO2/c1-16-10-9-11-19(25-16)13-12-18-14-20(23(3,4)5)22(27-17(2)26)21(15-18)24(6,7)8/h9-15H,1-8H3. The van der Waals surface area contributed by atoms with Crippen molar-refractivity contribution in [2.75, 3.05) is 0 Å². The van der Waals surface area contributed by atoms with Crippen molar-refractivity contribution in [3.8, 4) is 5.75 Å². The van der Waals surface area contributed by atoms with Gasteiger partial charge in [0, 0.05) is 23.7 Å². The lowest BCUT2D eigenvalue weighted by Gasteiger charge is -2.29. The van der Waals surface area contributed by atoms with E-state index in [9.17, 15) is 4.79 Å². The summed E-state index contributed by atoms with van der Waals surface area (Å²) in [5, 5.41) is 0. The van der Waals surface area contributed by atoms with Crippen LogP contribution in [0.1, 0.15) is 76.5 Å². The summed E-state index contributed by atoms with van der Waals surface area (Å²) in [7, 11) is 0. The highest BCUT2D eigenvalue weighted by atomic mass is 16.5. The van der Waals surface area contributed by atoms with Gasteiger partial charge in [0.15, 0.2) is 0 Å². The third kappa shape index (κ3) is 5.53. The van der Waals surface area contributed by atoms with Gasteiger partial charge >= 0.3 is 5.97 Å². The fraction of sp³-hybridized carbons (Fsp3) is 0.417. The van der Waals surface area contributed by atoms with E-state index in [4.69, 9.17) is 4.74 Å². The van der Waals surface area contributed by atoms with Crippen LogP contribution in [0, 0.1) is 6.92 Å². The molecule has 0 saturated heterocycles. The Morgan fingerprint density at radius 3 is 1.96 bits per heavy atom. The molecule has 3 nitrogen and oxygen atoms in total. The minimum absolute atomic E-state index is 0.157. The summed E-state index contributed by atoms with van der Waals surface area (Å²) in [6.07, 6.45) is 4.09. The average molecular weight is 366 g/mol. The number of carbonyl (C=O) groups excluding carboxylic acids is 1. The summed E-state index contributed by atoms with van der Waals surface area (Å²) >= 11 is 0. The topological polar surface area (TPSA) is 39.2 Å². The number of rotatable bonds is 3. The van der Waals surface area contributed by atoms with Gasteiger partial charge in [0.25, 0.3) is 0 Å². The maximum Gasteiger partial charge on any atom is 0.308 e. The van der Waals surface area contributed by atoms with Crippen LogP contribution in [0.5, 0.6) is 5.75 Å². The SMILES string of the molecule is CC(=O)Oc1c(C(C)(C)C)cc(C=Cc2cccc(C)n2)cc1C(C)(C)C. The van der Waals surface area contributed by atoms with Gasteiger partial charge in [-0.1, -0.05) is 53.7 Å². The maximum absolute atomic E-state index is 11.8. The van der Waals surface area contributed by atoms with Crippen LogP contribution in [0.25, 0.3) is 12.2 Å². The van der Waals surface area contributed by atoms with Crippen LogP contribution in [0.15, 0.2) is 30.3 Å². The first-order valence-corrected chi connectivity index (χ1v) is 9.37. The second-order valence-corrected chi connectivity index (χ2v) is 9.08. The number of esters is 1. The quantitative estimate of drug-likeness (QED) is 0.489. The second-order valence-electron chi connectivity index (χ2n) is 9.08. The molecule has 0 bridgehead atoms. The second kappa shape index (κ2) is 7.67. The fourth-order valence-corrected chi connectivity index (χ4v) is 2.95. The van der Waals surface area contributed by atoms with Crippen molar-refractivity contribution in [1.82, 2.24) is 4.98 Å². The monoisotopic (exact) mass is 365 g/mol. The molecule has 0 aliphatic heterocycles. The number of carbonyl (C=O) groups is 1. The van der Waals surface area contributed by atoms with E-state index >= 15 is 0 Å². The Bertz CT molecular complexity index is 830. The van der Waals surface area contributed by atoms with Crippen LogP contribution in [0.4, 0.5) is 0 Å². The van der Waals surface area contributed by atoms with Gasteiger partial charge in [0.2, 0.25) is 0 Å². The molecular weight excluding hydrogens is 334 g/mol. The Hall–Kier alpha value is -2.42. The van der Waals surface area contributed by atoms with Crippen molar-refractivity contribution in [2.24, 2.45) is 0 Å². The molecule has 0 atom stereocenters. The van der Waals surface area contributed by atoms with E-state index in [0.717, 1.165) is 28.1 Å². The molecule has 27 heavy (non-hydrogen) atoms. The molecule has 2 rings (SSSR count). The van der Waals surface area contributed by atoms with Crippen molar-refractivity contribution in [2.45, 2.75) is 66.2 Å². The van der Waals surface area contributed by atoms with Gasteiger partial charge in [-0.15, -0.1) is 0 Å². The fourth-order valence-electron chi connectivity index (χ4n) is 2.95. The van der Waals surface area contributed by atoms with Gasteiger partial charge in [0.1, 0.15) is 5.75 Å². The molecule has 0 aliphatic rings. The van der Waals surface area contributed by atoms with Gasteiger partial charge in [-0.25, -0.2) is 0 Å². The summed E-state index contributed by atoms with van der Waals surface area (Å²) in [5.74, 6) is 0.395. The molecule has 1 aromatic carbocycles. The smallest absolute Gasteiger partial charge is 0.308 e. The van der Waals surface area contributed by atoms with Crippen molar-refractivity contribution < 1.29 is 9.53 Å². The molecule has 0 radical (unpaired) electrons. The summed E-state index contributed by atoms with van der Waals surface area (Å²) in [6.45, 7) is 16.3. The first-order chi connectivity index (χ1) is 12.4. The molecule has 1 heterocycles. The van der Waals surface area contributed by atoms with E-state index in [2.05, 4.69) is 64.7 Å². The molecule has 0 unspecified atom stereocenters. The number of aryl methyl sites for hydroxylation is 1. The third-order valence-corrected chi connectivity index (χ3v) is 4.33. The van der Waals surface area contributed by atoms with E-state index in [1.807, 2.05) is 31.2 Å². The molecule has 2 aromatic rings. The maximum atomic E-state index is 11.8. The molecule has 0 spiro atoms. The summed E-state index contributed by atoms with van der Waals surface area (Å²) in [4.78, 5) is 16.3. The number of nitrogens with zero attached hydrogens (tertiary/aromatic N) is 1. The van der Waals surface area contributed by atoms with E-state index in [1.54, 1.807) is 0 Å². The van der Waals surface area contributed by atoms with E-state index < -0.39 is 0 Å². The molecule has 0 aliphatic carbocycles. The molecular formula is C24H31NO2. The van der Waals surface area contributed by atoms with Gasteiger partial charge < -0.3 is 4.74 Å². The minimum Gasteiger partial charge on any atom is -0.426 e. The van der Waals surface area contributed by atoms with Gasteiger partial charge in [-0.05, 0) is 53.7 Å². The molecule has 3 heteroatoms. The van der Waals surface area contributed by atoms with Crippen LogP contribution in [-0.4, -0.2) is 11.0 Å². The minimum atomic E-state index is -0.293. The van der Waals surface area contributed by atoms with Crippen molar-refractivity contribution in [3.05, 3.63) is 58.4 Å². The Labute approximate surface area is 163 Å². The van der Waals surface area contributed by atoms with Crippen LogP contribution in [0.3, 0.4) is 0 Å². The van der Waals surface area contributed by atoms with Gasteiger partial charge in [0.05, 0.1) is 5.69 Å². The highest BCUT2D eigenvalue weighted by molar-refractivity contribution is 5.74. The lowest BCUT2D eigenvalue weighted by Crippen LogP contribution is -2.21. The van der Waals surface area contributed by atoms with Gasteiger partial charge in [-0.3, -0.25) is 9.78 Å². The van der Waals surface area contributed by atoms with Crippen LogP contribution >= 0.6 is 0 Å². The lowest BCUT2D eigenvalue weighted by atomic mass is 9.78.